The Hall–Kier alpha value is -1.10. The summed E-state index contributed by atoms with van der Waals surface area (Å²) in [6.45, 7) is 11.8. The molecule has 0 amide bonds. The second-order valence-corrected chi connectivity index (χ2v) is 8.47. The van der Waals surface area contributed by atoms with Crippen LogP contribution in [0.1, 0.15) is 52.7 Å². The highest BCUT2D eigenvalue weighted by atomic mass is 16.5. The lowest BCUT2D eigenvalue weighted by Gasteiger charge is -2.30. The molecule has 4 heteroatoms. The molecule has 1 aromatic carbocycles. The van der Waals surface area contributed by atoms with E-state index in [-0.39, 0.29) is 37.3 Å². The fraction of sp³-hybridized carbons (Fsp3) is 0.684. The van der Waals surface area contributed by atoms with Gasteiger partial charge in [-0.05, 0) is 28.0 Å². The summed E-state index contributed by atoms with van der Waals surface area (Å²) in [6.07, 6.45) is 0. The van der Waals surface area contributed by atoms with Gasteiger partial charge in [-0.3, -0.25) is 0 Å². The van der Waals surface area contributed by atoms with Crippen molar-refractivity contribution < 1.29 is 20.1 Å². The smallest absolute Gasteiger partial charge is 0.123 e. The Morgan fingerprint density at radius 1 is 0.826 bits per heavy atom. The molecule has 0 aliphatic carbocycles. The number of ether oxygens (including phenoxy) is 1. The van der Waals surface area contributed by atoms with Crippen molar-refractivity contribution in [1.82, 2.24) is 0 Å². The third-order valence-corrected chi connectivity index (χ3v) is 4.20. The first-order valence-corrected chi connectivity index (χ1v) is 8.09. The second kappa shape index (κ2) is 7.20. The lowest BCUT2D eigenvalue weighted by Crippen LogP contribution is -2.40. The SMILES string of the molecule is CC(C)(C)c1ccc(C(C)(C)C)c(OCC(CO)(CO)CO)c1. The van der Waals surface area contributed by atoms with Gasteiger partial charge < -0.3 is 20.1 Å². The standard InChI is InChI=1S/C19H32O4/c1-17(2,3)14-7-8-15(18(4,5)6)16(9-14)23-13-19(10-20,11-21)12-22/h7-9,20-22H,10-13H2,1-6H3. The fourth-order valence-electron chi connectivity index (χ4n) is 2.25. The lowest BCUT2D eigenvalue weighted by molar-refractivity contribution is -0.0262. The number of hydrogen-bond donors (Lipinski definition) is 3. The summed E-state index contributed by atoms with van der Waals surface area (Å²) in [6, 6.07) is 6.22. The van der Waals surface area contributed by atoms with E-state index in [1.165, 1.54) is 0 Å². The third-order valence-electron chi connectivity index (χ3n) is 4.20. The van der Waals surface area contributed by atoms with Crippen LogP contribution in [0.5, 0.6) is 5.75 Å². The minimum atomic E-state index is -1.03. The van der Waals surface area contributed by atoms with E-state index in [2.05, 4.69) is 53.7 Å². The van der Waals surface area contributed by atoms with Crippen molar-refractivity contribution in [2.75, 3.05) is 26.4 Å². The molecule has 0 atom stereocenters. The number of aliphatic hydroxyl groups excluding tert-OH is 3. The highest BCUT2D eigenvalue weighted by molar-refractivity contribution is 5.43. The van der Waals surface area contributed by atoms with Crippen molar-refractivity contribution >= 4 is 0 Å². The molecule has 0 aliphatic rings. The second-order valence-electron chi connectivity index (χ2n) is 8.47. The van der Waals surface area contributed by atoms with Crippen LogP contribution in [0.15, 0.2) is 18.2 Å². The molecule has 0 bridgehead atoms. The van der Waals surface area contributed by atoms with Gasteiger partial charge in [-0.25, -0.2) is 0 Å². The van der Waals surface area contributed by atoms with E-state index in [0.29, 0.717) is 0 Å². The van der Waals surface area contributed by atoms with Gasteiger partial charge >= 0.3 is 0 Å². The van der Waals surface area contributed by atoms with E-state index in [1.54, 1.807) is 0 Å². The highest BCUT2D eigenvalue weighted by Crippen LogP contribution is 2.36. The average molecular weight is 324 g/mol. The van der Waals surface area contributed by atoms with Crippen LogP contribution in [0.3, 0.4) is 0 Å². The van der Waals surface area contributed by atoms with Crippen LogP contribution in [-0.4, -0.2) is 41.7 Å². The summed E-state index contributed by atoms with van der Waals surface area (Å²) in [4.78, 5) is 0. The summed E-state index contributed by atoms with van der Waals surface area (Å²) >= 11 is 0. The summed E-state index contributed by atoms with van der Waals surface area (Å²) in [5, 5.41) is 28.4. The molecular formula is C19H32O4. The van der Waals surface area contributed by atoms with Crippen molar-refractivity contribution in [3.8, 4) is 5.75 Å². The molecule has 4 nitrogen and oxygen atoms in total. The van der Waals surface area contributed by atoms with Crippen LogP contribution >= 0.6 is 0 Å². The van der Waals surface area contributed by atoms with Crippen LogP contribution in [-0.2, 0) is 10.8 Å². The van der Waals surface area contributed by atoms with Crippen molar-refractivity contribution in [1.29, 1.82) is 0 Å². The number of hydrogen-bond acceptors (Lipinski definition) is 4. The molecule has 0 aromatic heterocycles. The van der Waals surface area contributed by atoms with Crippen LogP contribution in [0.25, 0.3) is 0 Å². The maximum Gasteiger partial charge on any atom is 0.123 e. The van der Waals surface area contributed by atoms with Crippen LogP contribution in [0, 0.1) is 5.41 Å². The third kappa shape index (κ3) is 4.93. The zero-order chi connectivity index (χ0) is 17.9. The molecule has 1 aromatic rings. The van der Waals surface area contributed by atoms with Gasteiger partial charge in [0.05, 0.1) is 25.2 Å². The average Bonchev–Trinajstić information content (AvgIpc) is 2.47. The van der Waals surface area contributed by atoms with E-state index in [4.69, 9.17) is 4.74 Å². The molecule has 0 spiro atoms. The van der Waals surface area contributed by atoms with Crippen LogP contribution in [0.2, 0.25) is 0 Å². The van der Waals surface area contributed by atoms with E-state index >= 15 is 0 Å². The molecule has 0 saturated heterocycles. The Bertz CT molecular complexity index is 497. The quantitative estimate of drug-likeness (QED) is 0.752. The topological polar surface area (TPSA) is 69.9 Å². The molecule has 23 heavy (non-hydrogen) atoms. The Morgan fingerprint density at radius 3 is 1.74 bits per heavy atom. The molecule has 0 heterocycles. The molecule has 0 fully saturated rings. The van der Waals surface area contributed by atoms with Gasteiger partial charge in [0.1, 0.15) is 12.4 Å². The maximum absolute atomic E-state index is 9.47. The van der Waals surface area contributed by atoms with Crippen molar-refractivity contribution in [3.63, 3.8) is 0 Å². The van der Waals surface area contributed by atoms with Crippen LogP contribution in [0.4, 0.5) is 0 Å². The molecule has 0 radical (unpaired) electrons. The molecule has 0 aliphatic heterocycles. The normalized spacial score (nSPS) is 13.3. The molecule has 132 valence electrons. The molecular weight excluding hydrogens is 292 g/mol. The zero-order valence-electron chi connectivity index (χ0n) is 15.3. The van der Waals surface area contributed by atoms with Gasteiger partial charge in [0.2, 0.25) is 0 Å². The Kier molecular flexibility index (Phi) is 6.25. The van der Waals surface area contributed by atoms with Crippen molar-refractivity contribution in [2.24, 2.45) is 5.41 Å². The van der Waals surface area contributed by atoms with Crippen LogP contribution < -0.4 is 4.74 Å². The minimum Gasteiger partial charge on any atom is -0.492 e. The lowest BCUT2D eigenvalue weighted by atomic mass is 9.81. The van der Waals surface area contributed by atoms with Gasteiger partial charge in [0.15, 0.2) is 0 Å². The number of benzene rings is 1. The predicted octanol–water partition coefficient (Wildman–Crippen LogP) is 2.62. The fourth-order valence-corrected chi connectivity index (χ4v) is 2.25. The molecule has 3 N–H and O–H groups in total. The molecule has 0 saturated carbocycles. The summed E-state index contributed by atoms with van der Waals surface area (Å²) in [7, 11) is 0. The van der Waals surface area contributed by atoms with E-state index in [1.807, 2.05) is 6.07 Å². The maximum atomic E-state index is 9.47. The summed E-state index contributed by atoms with van der Waals surface area (Å²) < 4.78 is 5.96. The monoisotopic (exact) mass is 324 g/mol. The Morgan fingerprint density at radius 2 is 1.35 bits per heavy atom. The van der Waals surface area contributed by atoms with E-state index < -0.39 is 5.41 Å². The number of rotatable bonds is 6. The molecule has 0 unspecified atom stereocenters. The Balaban J connectivity index is 3.20. The molecule has 1 rings (SSSR count). The van der Waals surface area contributed by atoms with Gasteiger partial charge in [-0.15, -0.1) is 0 Å². The van der Waals surface area contributed by atoms with E-state index in [9.17, 15) is 15.3 Å². The summed E-state index contributed by atoms with van der Waals surface area (Å²) in [5.74, 6) is 0.740. The largest absolute Gasteiger partial charge is 0.492 e. The zero-order valence-corrected chi connectivity index (χ0v) is 15.3. The number of aliphatic hydroxyl groups is 3. The van der Waals surface area contributed by atoms with Crippen molar-refractivity contribution in [3.05, 3.63) is 29.3 Å². The predicted molar refractivity (Wildman–Crippen MR) is 93.0 cm³/mol. The highest BCUT2D eigenvalue weighted by Gasteiger charge is 2.30. The van der Waals surface area contributed by atoms with Gasteiger partial charge in [-0.1, -0.05) is 53.7 Å². The first-order valence-electron chi connectivity index (χ1n) is 8.09. The van der Waals surface area contributed by atoms with Gasteiger partial charge in [0, 0.05) is 0 Å². The van der Waals surface area contributed by atoms with Gasteiger partial charge in [-0.2, -0.15) is 0 Å². The van der Waals surface area contributed by atoms with E-state index in [0.717, 1.165) is 16.9 Å². The first kappa shape index (κ1) is 19.9. The Labute approximate surface area is 140 Å². The van der Waals surface area contributed by atoms with Gasteiger partial charge in [0.25, 0.3) is 0 Å². The minimum absolute atomic E-state index is 0.00342. The van der Waals surface area contributed by atoms with Crippen molar-refractivity contribution in [2.45, 2.75) is 52.4 Å². The summed E-state index contributed by atoms with van der Waals surface area (Å²) in [5.41, 5.74) is 1.09. The first-order chi connectivity index (χ1) is 10.5.